The predicted molar refractivity (Wildman–Crippen MR) is 87.2 cm³/mol. The molecular weight excluding hydrogens is 296 g/mol. The van der Waals surface area contributed by atoms with Crippen LogP contribution < -0.4 is 0 Å². The molecule has 2 heterocycles. The second-order valence-electron chi connectivity index (χ2n) is 5.78. The molecule has 1 aromatic carbocycles. The van der Waals surface area contributed by atoms with Gasteiger partial charge in [-0.1, -0.05) is 24.3 Å². The predicted octanol–water partition coefficient (Wildman–Crippen LogP) is 2.96. The lowest BCUT2D eigenvalue weighted by Gasteiger charge is -2.14. The highest BCUT2D eigenvalue weighted by Crippen LogP contribution is 2.17. The highest BCUT2D eigenvalue weighted by atomic mass is 32.1. The number of benzene rings is 1. The number of carboxylic acids is 1. The minimum atomic E-state index is -0.830. The molecule has 0 atom stereocenters. The van der Waals surface area contributed by atoms with E-state index >= 15 is 0 Å². The van der Waals surface area contributed by atoms with Gasteiger partial charge in [0.05, 0.1) is 17.1 Å². The molecule has 1 N–H and O–H groups in total. The first-order chi connectivity index (χ1) is 10.7. The molecule has 0 spiro atoms. The van der Waals surface area contributed by atoms with Gasteiger partial charge < -0.3 is 5.11 Å². The lowest BCUT2D eigenvalue weighted by molar-refractivity contribution is -0.136. The first-order valence-electron chi connectivity index (χ1n) is 7.64. The molecule has 1 saturated heterocycles. The molecule has 2 aromatic rings. The van der Waals surface area contributed by atoms with Crippen molar-refractivity contribution in [1.29, 1.82) is 0 Å². The van der Waals surface area contributed by atoms with Crippen LogP contribution in [-0.4, -0.2) is 34.0 Å². The largest absolute Gasteiger partial charge is 0.481 e. The quantitative estimate of drug-likeness (QED) is 0.890. The summed E-state index contributed by atoms with van der Waals surface area (Å²) in [5.41, 5.74) is 3.23. The molecule has 22 heavy (non-hydrogen) atoms. The van der Waals surface area contributed by atoms with Gasteiger partial charge in [0.25, 0.3) is 0 Å². The molecule has 0 bridgehead atoms. The second kappa shape index (κ2) is 7.03. The fourth-order valence-corrected chi connectivity index (χ4v) is 3.63. The third-order valence-corrected chi connectivity index (χ3v) is 4.81. The van der Waals surface area contributed by atoms with Crippen LogP contribution in [0.3, 0.4) is 0 Å². The van der Waals surface area contributed by atoms with Crippen LogP contribution in [0.4, 0.5) is 0 Å². The molecule has 0 amide bonds. The van der Waals surface area contributed by atoms with Crippen molar-refractivity contribution in [2.24, 2.45) is 0 Å². The first kappa shape index (κ1) is 15.2. The second-order valence-corrected chi connectivity index (χ2v) is 6.72. The van der Waals surface area contributed by atoms with E-state index in [1.165, 1.54) is 48.4 Å². The molecule has 1 aliphatic heterocycles. The topological polar surface area (TPSA) is 53.4 Å². The van der Waals surface area contributed by atoms with Gasteiger partial charge in [-0.2, -0.15) is 0 Å². The fourth-order valence-electron chi connectivity index (χ4n) is 2.80. The summed E-state index contributed by atoms with van der Waals surface area (Å²) in [5.74, 6) is -0.830. The molecule has 0 unspecified atom stereocenters. The van der Waals surface area contributed by atoms with Crippen LogP contribution in [0.5, 0.6) is 0 Å². The van der Waals surface area contributed by atoms with Gasteiger partial charge >= 0.3 is 5.97 Å². The van der Waals surface area contributed by atoms with E-state index in [1.54, 1.807) is 0 Å². The maximum atomic E-state index is 10.7. The molecule has 1 aromatic heterocycles. The summed E-state index contributed by atoms with van der Waals surface area (Å²) in [6.45, 7) is 3.47. The molecule has 1 fully saturated rings. The average Bonchev–Trinajstić information content (AvgIpc) is 3.13. The van der Waals surface area contributed by atoms with Crippen molar-refractivity contribution in [2.75, 3.05) is 13.1 Å². The van der Waals surface area contributed by atoms with Crippen LogP contribution in [-0.2, 0) is 24.2 Å². The van der Waals surface area contributed by atoms with Crippen LogP contribution in [0.15, 0.2) is 29.6 Å². The van der Waals surface area contributed by atoms with Crippen molar-refractivity contribution in [1.82, 2.24) is 9.88 Å². The zero-order valence-corrected chi connectivity index (χ0v) is 13.3. The van der Waals surface area contributed by atoms with Gasteiger partial charge in [0.15, 0.2) is 0 Å². The minimum absolute atomic E-state index is 0.00523. The van der Waals surface area contributed by atoms with Crippen LogP contribution >= 0.6 is 11.3 Å². The lowest BCUT2D eigenvalue weighted by atomic mass is 10.1. The summed E-state index contributed by atoms with van der Waals surface area (Å²) in [7, 11) is 0. The van der Waals surface area contributed by atoms with Crippen molar-refractivity contribution in [3.05, 3.63) is 51.5 Å². The Kier molecular flexibility index (Phi) is 4.85. The Labute approximate surface area is 134 Å². The Balaban J connectivity index is 1.58. The van der Waals surface area contributed by atoms with Crippen molar-refractivity contribution in [3.8, 4) is 0 Å². The van der Waals surface area contributed by atoms with Gasteiger partial charge in [-0.3, -0.25) is 9.69 Å². The standard InChI is InChI=1S/C17H20N2O2S/c20-17(21)10-15-12-22-16(18-15)9-13-3-5-14(6-4-13)11-19-7-1-2-8-19/h3-6,12H,1-2,7-11H2,(H,20,21). The van der Waals surface area contributed by atoms with E-state index in [0.29, 0.717) is 5.69 Å². The summed E-state index contributed by atoms with van der Waals surface area (Å²) in [4.78, 5) is 17.6. The molecule has 1 aliphatic rings. The minimum Gasteiger partial charge on any atom is -0.481 e. The maximum Gasteiger partial charge on any atom is 0.309 e. The summed E-state index contributed by atoms with van der Waals surface area (Å²) in [6, 6.07) is 8.70. The highest BCUT2D eigenvalue weighted by Gasteiger charge is 2.11. The van der Waals surface area contributed by atoms with Gasteiger partial charge in [-0.25, -0.2) is 4.98 Å². The number of aromatic nitrogens is 1. The summed E-state index contributed by atoms with van der Waals surface area (Å²) in [6.07, 6.45) is 3.42. The number of carboxylic acid groups (broad SMARTS) is 1. The number of nitrogens with zero attached hydrogens (tertiary/aromatic N) is 2. The van der Waals surface area contributed by atoms with Crippen molar-refractivity contribution in [3.63, 3.8) is 0 Å². The molecule has 5 heteroatoms. The number of hydrogen-bond acceptors (Lipinski definition) is 4. The lowest BCUT2D eigenvalue weighted by Crippen LogP contribution is -2.18. The number of aliphatic carboxylic acids is 1. The average molecular weight is 316 g/mol. The molecular formula is C17H20N2O2S. The van der Waals surface area contributed by atoms with E-state index in [9.17, 15) is 4.79 Å². The summed E-state index contributed by atoms with van der Waals surface area (Å²) < 4.78 is 0. The third kappa shape index (κ3) is 4.15. The molecule has 4 nitrogen and oxygen atoms in total. The normalized spacial score (nSPS) is 15.3. The SMILES string of the molecule is O=C(O)Cc1csc(Cc2ccc(CN3CCCC3)cc2)n1. The monoisotopic (exact) mass is 316 g/mol. The van der Waals surface area contributed by atoms with Gasteiger partial charge in [0, 0.05) is 18.3 Å². The zero-order chi connectivity index (χ0) is 15.4. The number of hydrogen-bond donors (Lipinski definition) is 1. The third-order valence-electron chi connectivity index (χ3n) is 3.91. The van der Waals surface area contributed by atoms with Gasteiger partial charge in [0.2, 0.25) is 0 Å². The Bertz CT molecular complexity index is 630. The maximum absolute atomic E-state index is 10.7. The molecule has 3 rings (SSSR count). The fraction of sp³-hybridized carbons (Fsp3) is 0.412. The van der Waals surface area contributed by atoms with E-state index in [1.807, 2.05) is 5.38 Å². The number of carbonyl (C=O) groups is 1. The van der Waals surface area contributed by atoms with E-state index in [-0.39, 0.29) is 6.42 Å². The first-order valence-corrected chi connectivity index (χ1v) is 8.52. The Morgan fingerprint density at radius 3 is 2.55 bits per heavy atom. The van der Waals surface area contributed by atoms with Gasteiger partial charge in [-0.05, 0) is 37.1 Å². The summed E-state index contributed by atoms with van der Waals surface area (Å²) >= 11 is 1.53. The van der Waals surface area contributed by atoms with E-state index in [4.69, 9.17) is 5.11 Å². The number of likely N-dealkylation sites (tertiary alicyclic amines) is 1. The molecule has 0 radical (unpaired) electrons. The number of thiazole rings is 1. The molecule has 0 aliphatic carbocycles. The van der Waals surface area contributed by atoms with Crippen molar-refractivity contribution >= 4 is 17.3 Å². The number of rotatable bonds is 6. The van der Waals surface area contributed by atoms with Gasteiger partial charge in [-0.15, -0.1) is 11.3 Å². The molecule has 116 valence electrons. The summed E-state index contributed by atoms with van der Waals surface area (Å²) in [5, 5.41) is 11.6. The van der Waals surface area contributed by atoms with E-state index in [2.05, 4.69) is 34.1 Å². The van der Waals surface area contributed by atoms with Crippen LogP contribution in [0, 0.1) is 0 Å². The van der Waals surface area contributed by atoms with Crippen molar-refractivity contribution in [2.45, 2.75) is 32.2 Å². The van der Waals surface area contributed by atoms with Crippen LogP contribution in [0.1, 0.15) is 34.7 Å². The Morgan fingerprint density at radius 1 is 1.18 bits per heavy atom. The smallest absolute Gasteiger partial charge is 0.309 e. The van der Waals surface area contributed by atoms with Crippen LogP contribution in [0.2, 0.25) is 0 Å². The Hall–Kier alpha value is -1.72. The highest BCUT2D eigenvalue weighted by molar-refractivity contribution is 7.09. The zero-order valence-electron chi connectivity index (χ0n) is 12.5. The Morgan fingerprint density at radius 2 is 1.86 bits per heavy atom. The van der Waals surface area contributed by atoms with Crippen LogP contribution in [0.25, 0.3) is 0 Å². The van der Waals surface area contributed by atoms with Gasteiger partial charge in [0.1, 0.15) is 0 Å². The molecule has 0 saturated carbocycles. The van der Waals surface area contributed by atoms with E-state index in [0.717, 1.165) is 18.0 Å². The van der Waals surface area contributed by atoms with E-state index < -0.39 is 5.97 Å². The van der Waals surface area contributed by atoms with Crippen molar-refractivity contribution < 1.29 is 9.90 Å².